The van der Waals surface area contributed by atoms with Crippen LogP contribution in [0.4, 0.5) is 4.39 Å². The van der Waals surface area contributed by atoms with Crippen LogP contribution in [0.15, 0.2) is 60.7 Å². The molecule has 0 aromatic heterocycles. The third-order valence-electron chi connectivity index (χ3n) is 3.97. The van der Waals surface area contributed by atoms with Crippen LogP contribution in [-0.2, 0) is 0 Å². The van der Waals surface area contributed by atoms with Crippen LogP contribution in [0.5, 0.6) is 0 Å². The number of halogens is 1. The highest BCUT2D eigenvalue weighted by molar-refractivity contribution is 6.11. The molecule has 0 heterocycles. The molecule has 4 nitrogen and oxygen atoms in total. The van der Waals surface area contributed by atoms with Crippen molar-refractivity contribution in [3.05, 3.63) is 83.2 Å². The summed E-state index contributed by atoms with van der Waals surface area (Å²) in [5.41, 5.74) is 1.64. The van der Waals surface area contributed by atoms with Crippen LogP contribution >= 0.6 is 0 Å². The quantitative estimate of drug-likeness (QED) is 0.710. The van der Waals surface area contributed by atoms with Crippen molar-refractivity contribution in [3.8, 4) is 6.07 Å². The van der Waals surface area contributed by atoms with E-state index >= 15 is 0 Å². The van der Waals surface area contributed by atoms with E-state index in [0.29, 0.717) is 22.1 Å². The molecule has 0 aliphatic rings. The van der Waals surface area contributed by atoms with E-state index in [-0.39, 0.29) is 0 Å². The zero-order valence-corrected chi connectivity index (χ0v) is 13.2. The first kappa shape index (κ1) is 16.3. The Morgan fingerprint density at radius 2 is 1.76 bits per heavy atom. The molecule has 0 fully saturated rings. The Balaban J connectivity index is 1.96. The number of hydrogen-bond acceptors (Lipinski definition) is 3. The first-order valence-corrected chi connectivity index (χ1v) is 7.62. The van der Waals surface area contributed by atoms with E-state index in [4.69, 9.17) is 5.41 Å². The number of nitrogens with zero attached hydrogens (tertiary/aromatic N) is 1. The maximum Gasteiger partial charge on any atom is 0.253 e. The van der Waals surface area contributed by atoms with Gasteiger partial charge in [-0.05, 0) is 40.1 Å². The van der Waals surface area contributed by atoms with Gasteiger partial charge in [-0.15, -0.1) is 0 Å². The summed E-state index contributed by atoms with van der Waals surface area (Å²) in [4.78, 5) is 12.7. The van der Waals surface area contributed by atoms with Gasteiger partial charge in [-0.3, -0.25) is 4.79 Å². The third-order valence-corrected chi connectivity index (χ3v) is 3.97. The van der Waals surface area contributed by atoms with Gasteiger partial charge in [0.25, 0.3) is 5.91 Å². The SMILES string of the molecule is N#CC(NC(=O)c1ccc(C=N)c2ccccc12)c1ccc(F)cc1. The number of rotatable bonds is 4. The summed E-state index contributed by atoms with van der Waals surface area (Å²) in [7, 11) is 0. The number of nitrogens with one attached hydrogen (secondary N) is 2. The van der Waals surface area contributed by atoms with Crippen LogP contribution in [0.1, 0.15) is 27.5 Å². The average molecular weight is 331 g/mol. The van der Waals surface area contributed by atoms with E-state index in [9.17, 15) is 14.4 Å². The summed E-state index contributed by atoms with van der Waals surface area (Å²) in [6, 6.07) is 17.2. The van der Waals surface area contributed by atoms with Gasteiger partial charge in [-0.25, -0.2) is 4.39 Å². The zero-order valence-electron chi connectivity index (χ0n) is 13.2. The molecule has 0 saturated carbocycles. The van der Waals surface area contributed by atoms with Crippen LogP contribution in [0.25, 0.3) is 10.8 Å². The van der Waals surface area contributed by atoms with Crippen molar-refractivity contribution in [3.63, 3.8) is 0 Å². The maximum atomic E-state index is 13.0. The molecule has 0 aliphatic carbocycles. The number of amides is 1. The van der Waals surface area contributed by atoms with E-state index in [0.717, 1.165) is 5.39 Å². The number of fused-ring (bicyclic) bond motifs is 1. The maximum absolute atomic E-state index is 13.0. The van der Waals surface area contributed by atoms with E-state index in [1.807, 2.05) is 24.3 Å². The van der Waals surface area contributed by atoms with Gasteiger partial charge >= 0.3 is 0 Å². The van der Waals surface area contributed by atoms with Gasteiger partial charge in [0, 0.05) is 11.8 Å². The van der Waals surface area contributed by atoms with Crippen molar-refractivity contribution in [2.75, 3.05) is 0 Å². The summed E-state index contributed by atoms with van der Waals surface area (Å²) < 4.78 is 13.0. The summed E-state index contributed by atoms with van der Waals surface area (Å²) in [6.07, 6.45) is 1.24. The lowest BCUT2D eigenvalue weighted by Gasteiger charge is -2.14. The largest absolute Gasteiger partial charge is 0.332 e. The van der Waals surface area contributed by atoms with Gasteiger partial charge in [-0.1, -0.05) is 42.5 Å². The zero-order chi connectivity index (χ0) is 17.8. The fraction of sp³-hybridized carbons (Fsp3) is 0.0500. The van der Waals surface area contributed by atoms with Gasteiger partial charge in [0.2, 0.25) is 0 Å². The second-order valence-electron chi connectivity index (χ2n) is 5.48. The molecule has 2 N–H and O–H groups in total. The van der Waals surface area contributed by atoms with Gasteiger partial charge in [0.05, 0.1) is 6.07 Å². The van der Waals surface area contributed by atoms with E-state index in [1.165, 1.54) is 30.5 Å². The highest BCUT2D eigenvalue weighted by atomic mass is 19.1. The lowest BCUT2D eigenvalue weighted by atomic mass is 9.99. The smallest absolute Gasteiger partial charge is 0.253 e. The Labute approximate surface area is 144 Å². The molecule has 0 spiro atoms. The predicted octanol–water partition coefficient (Wildman–Crippen LogP) is 3.97. The molecule has 3 aromatic rings. The minimum Gasteiger partial charge on any atom is -0.332 e. The van der Waals surface area contributed by atoms with Crippen LogP contribution in [-0.4, -0.2) is 12.1 Å². The molecule has 0 radical (unpaired) electrons. The number of benzene rings is 3. The topological polar surface area (TPSA) is 76.7 Å². The molecule has 1 unspecified atom stereocenters. The fourth-order valence-electron chi connectivity index (χ4n) is 2.70. The van der Waals surface area contributed by atoms with Crippen LogP contribution < -0.4 is 5.32 Å². The standard InChI is InChI=1S/C20H14FN3O/c21-15-8-5-13(6-9-15)19(12-23)24-20(25)18-10-7-14(11-22)16-3-1-2-4-17(16)18/h1-11,19,22H,(H,24,25). The van der Waals surface area contributed by atoms with Crippen molar-refractivity contribution in [1.82, 2.24) is 5.32 Å². The lowest BCUT2D eigenvalue weighted by molar-refractivity contribution is 0.0947. The number of carbonyl (C=O) groups is 1. The van der Waals surface area contributed by atoms with E-state index in [1.54, 1.807) is 18.2 Å². The van der Waals surface area contributed by atoms with Gasteiger partial charge in [-0.2, -0.15) is 5.26 Å². The van der Waals surface area contributed by atoms with Crippen molar-refractivity contribution >= 4 is 22.9 Å². The third kappa shape index (κ3) is 3.24. The monoisotopic (exact) mass is 331 g/mol. The molecule has 0 saturated heterocycles. The van der Waals surface area contributed by atoms with Crippen molar-refractivity contribution in [1.29, 1.82) is 10.7 Å². The first-order chi connectivity index (χ1) is 12.1. The molecule has 1 amide bonds. The van der Waals surface area contributed by atoms with Crippen LogP contribution in [0.3, 0.4) is 0 Å². The molecule has 122 valence electrons. The van der Waals surface area contributed by atoms with Gasteiger partial charge < -0.3 is 10.7 Å². The predicted molar refractivity (Wildman–Crippen MR) is 94.1 cm³/mol. The highest BCUT2D eigenvalue weighted by Gasteiger charge is 2.17. The lowest BCUT2D eigenvalue weighted by Crippen LogP contribution is -2.27. The van der Waals surface area contributed by atoms with Crippen molar-refractivity contribution in [2.24, 2.45) is 0 Å². The summed E-state index contributed by atoms with van der Waals surface area (Å²) in [5.74, 6) is -0.802. The minimum atomic E-state index is -0.880. The molecule has 5 heteroatoms. The Bertz CT molecular complexity index is 990. The molecular weight excluding hydrogens is 317 g/mol. The summed E-state index contributed by atoms with van der Waals surface area (Å²) >= 11 is 0. The molecule has 3 aromatic carbocycles. The van der Waals surface area contributed by atoms with E-state index < -0.39 is 17.8 Å². The van der Waals surface area contributed by atoms with Crippen molar-refractivity contribution in [2.45, 2.75) is 6.04 Å². The Kier molecular flexibility index (Phi) is 4.53. The normalized spacial score (nSPS) is 11.5. The van der Waals surface area contributed by atoms with Crippen LogP contribution in [0, 0.1) is 22.6 Å². The highest BCUT2D eigenvalue weighted by Crippen LogP contribution is 2.23. The molecular formula is C20H14FN3O. The molecule has 3 rings (SSSR count). The number of nitriles is 1. The molecule has 1 atom stereocenters. The second kappa shape index (κ2) is 6.93. The van der Waals surface area contributed by atoms with Gasteiger partial charge in [0.15, 0.2) is 0 Å². The Morgan fingerprint density at radius 3 is 2.40 bits per heavy atom. The molecule has 0 aliphatic heterocycles. The minimum absolute atomic E-state index is 0.399. The second-order valence-corrected chi connectivity index (χ2v) is 5.48. The summed E-state index contributed by atoms with van der Waals surface area (Å²) in [5, 5.41) is 21.0. The molecule has 25 heavy (non-hydrogen) atoms. The fourth-order valence-corrected chi connectivity index (χ4v) is 2.70. The number of carbonyl (C=O) groups excluding carboxylic acids is 1. The van der Waals surface area contributed by atoms with E-state index in [2.05, 4.69) is 5.32 Å². The van der Waals surface area contributed by atoms with Gasteiger partial charge in [0.1, 0.15) is 11.9 Å². The Morgan fingerprint density at radius 1 is 1.08 bits per heavy atom. The Hall–Kier alpha value is -3.52. The van der Waals surface area contributed by atoms with Crippen LogP contribution in [0.2, 0.25) is 0 Å². The average Bonchev–Trinajstić information content (AvgIpc) is 2.65. The summed E-state index contributed by atoms with van der Waals surface area (Å²) in [6.45, 7) is 0. The molecule has 0 bridgehead atoms. The number of hydrogen-bond donors (Lipinski definition) is 2. The first-order valence-electron chi connectivity index (χ1n) is 7.62. The van der Waals surface area contributed by atoms with Crippen molar-refractivity contribution < 1.29 is 9.18 Å².